The van der Waals surface area contributed by atoms with Crippen molar-refractivity contribution in [2.45, 2.75) is 19.8 Å². The van der Waals surface area contributed by atoms with Crippen LogP contribution < -0.4 is 11.1 Å². The molecule has 0 aliphatic rings. The zero-order chi connectivity index (χ0) is 9.23. The van der Waals surface area contributed by atoms with Gasteiger partial charge in [-0.25, -0.2) is 0 Å². The van der Waals surface area contributed by atoms with Crippen molar-refractivity contribution in [3.8, 4) is 0 Å². The van der Waals surface area contributed by atoms with Crippen molar-refractivity contribution in [3.63, 3.8) is 0 Å². The van der Waals surface area contributed by atoms with E-state index in [0.29, 0.717) is 18.8 Å². The van der Waals surface area contributed by atoms with E-state index < -0.39 is 0 Å². The second-order valence-electron chi connectivity index (χ2n) is 2.54. The van der Waals surface area contributed by atoms with Crippen LogP contribution in [0, 0.1) is 0 Å². The molecule has 1 amide bonds. The van der Waals surface area contributed by atoms with Crippen LogP contribution in [0.5, 0.6) is 0 Å². The van der Waals surface area contributed by atoms with Crippen LogP contribution in [0.4, 0.5) is 0 Å². The monoisotopic (exact) mass is 190 g/mol. The van der Waals surface area contributed by atoms with E-state index in [1.165, 1.54) is 0 Å². The molecule has 0 aliphatic heterocycles. The van der Waals surface area contributed by atoms with Crippen LogP contribution in [0.1, 0.15) is 19.8 Å². The van der Waals surface area contributed by atoms with Gasteiger partial charge in [0.2, 0.25) is 5.91 Å². The lowest BCUT2D eigenvalue weighted by Gasteiger charge is -2.02. The van der Waals surface area contributed by atoms with E-state index >= 15 is 0 Å². The average Bonchev–Trinajstić information content (AvgIpc) is 2.06. The summed E-state index contributed by atoms with van der Waals surface area (Å²) in [7, 11) is 0. The quantitative estimate of drug-likeness (QED) is 0.578. The Balaban J connectivity index is 3.10. The van der Waals surface area contributed by atoms with Crippen LogP contribution in [-0.4, -0.2) is 30.5 Å². The second-order valence-corrected chi connectivity index (χ2v) is 3.65. The lowest BCUT2D eigenvalue weighted by atomic mass is 10.4. The van der Waals surface area contributed by atoms with E-state index in [0.717, 1.165) is 18.6 Å². The lowest BCUT2D eigenvalue weighted by Crippen LogP contribution is -2.27. The molecular weight excluding hydrogens is 172 g/mol. The number of rotatable bonds is 7. The number of nitrogens with two attached hydrogens (primary N) is 1. The van der Waals surface area contributed by atoms with Gasteiger partial charge in [0.1, 0.15) is 0 Å². The number of hydrogen-bond donors (Lipinski definition) is 2. The minimum atomic E-state index is 0.127. The predicted octanol–water partition coefficient (Wildman–Crippen LogP) is 0.595. The van der Waals surface area contributed by atoms with Gasteiger partial charge >= 0.3 is 0 Å². The highest BCUT2D eigenvalue weighted by atomic mass is 32.2. The fourth-order valence-electron chi connectivity index (χ4n) is 0.690. The van der Waals surface area contributed by atoms with Gasteiger partial charge in [0, 0.05) is 6.54 Å². The highest BCUT2D eigenvalue weighted by molar-refractivity contribution is 7.99. The Hall–Kier alpha value is -0.220. The maximum atomic E-state index is 11.0. The minimum Gasteiger partial charge on any atom is -0.355 e. The maximum absolute atomic E-state index is 11.0. The van der Waals surface area contributed by atoms with E-state index in [2.05, 4.69) is 12.2 Å². The fourth-order valence-corrected chi connectivity index (χ4v) is 1.41. The molecule has 0 atom stereocenters. The van der Waals surface area contributed by atoms with Crippen LogP contribution >= 0.6 is 11.8 Å². The Morgan fingerprint density at radius 3 is 2.92 bits per heavy atom. The first-order chi connectivity index (χ1) is 5.81. The van der Waals surface area contributed by atoms with Crippen molar-refractivity contribution < 1.29 is 4.79 Å². The molecule has 0 fully saturated rings. The van der Waals surface area contributed by atoms with E-state index in [-0.39, 0.29) is 5.91 Å². The summed E-state index contributed by atoms with van der Waals surface area (Å²) in [5, 5.41) is 2.80. The summed E-state index contributed by atoms with van der Waals surface area (Å²) in [6.45, 7) is 3.46. The first kappa shape index (κ1) is 11.8. The van der Waals surface area contributed by atoms with Crippen LogP contribution in [0.2, 0.25) is 0 Å². The number of carbonyl (C=O) groups is 1. The number of thioether (sulfide) groups is 1. The first-order valence-electron chi connectivity index (χ1n) is 4.35. The molecule has 12 heavy (non-hydrogen) atoms. The van der Waals surface area contributed by atoms with Crippen LogP contribution in [0.3, 0.4) is 0 Å². The van der Waals surface area contributed by atoms with Crippen molar-refractivity contribution in [1.82, 2.24) is 5.32 Å². The summed E-state index contributed by atoms with van der Waals surface area (Å²) in [4.78, 5) is 11.0. The molecule has 0 aromatic carbocycles. The van der Waals surface area contributed by atoms with Crippen molar-refractivity contribution in [2.24, 2.45) is 5.73 Å². The van der Waals surface area contributed by atoms with Gasteiger partial charge in [0.05, 0.1) is 5.75 Å². The molecule has 0 bridgehead atoms. The molecule has 0 saturated heterocycles. The topological polar surface area (TPSA) is 55.1 Å². The first-order valence-corrected chi connectivity index (χ1v) is 5.51. The van der Waals surface area contributed by atoms with Gasteiger partial charge in [0.15, 0.2) is 0 Å². The molecule has 0 aromatic heterocycles. The van der Waals surface area contributed by atoms with Gasteiger partial charge in [-0.1, -0.05) is 6.92 Å². The molecule has 72 valence electrons. The molecule has 0 unspecified atom stereocenters. The van der Waals surface area contributed by atoms with Crippen LogP contribution in [-0.2, 0) is 4.79 Å². The Labute approximate surface area is 78.5 Å². The van der Waals surface area contributed by atoms with Crippen LogP contribution in [0.15, 0.2) is 0 Å². The van der Waals surface area contributed by atoms with Crippen molar-refractivity contribution in [1.29, 1.82) is 0 Å². The summed E-state index contributed by atoms with van der Waals surface area (Å²) >= 11 is 1.68. The second kappa shape index (κ2) is 8.87. The normalized spacial score (nSPS) is 9.83. The molecule has 0 rings (SSSR count). The molecule has 0 spiro atoms. The zero-order valence-electron chi connectivity index (χ0n) is 7.64. The average molecular weight is 190 g/mol. The minimum absolute atomic E-state index is 0.127. The molecule has 4 heteroatoms. The number of amides is 1. The van der Waals surface area contributed by atoms with Gasteiger partial charge in [-0.3, -0.25) is 4.79 Å². The van der Waals surface area contributed by atoms with Crippen molar-refractivity contribution in [3.05, 3.63) is 0 Å². The predicted molar refractivity (Wildman–Crippen MR) is 54.3 cm³/mol. The summed E-state index contributed by atoms with van der Waals surface area (Å²) in [6, 6.07) is 0. The summed E-state index contributed by atoms with van der Waals surface area (Å²) in [6.07, 6.45) is 1.99. The molecule has 0 heterocycles. The highest BCUT2D eigenvalue weighted by Crippen LogP contribution is 2.00. The van der Waals surface area contributed by atoms with E-state index in [1.807, 2.05) is 0 Å². The third-order valence-electron chi connectivity index (χ3n) is 1.28. The van der Waals surface area contributed by atoms with Gasteiger partial charge in [0.25, 0.3) is 0 Å². The zero-order valence-corrected chi connectivity index (χ0v) is 8.45. The number of nitrogens with one attached hydrogen (secondary N) is 1. The Kier molecular flexibility index (Phi) is 8.71. The molecule has 0 saturated carbocycles. The van der Waals surface area contributed by atoms with E-state index in [1.54, 1.807) is 11.8 Å². The third-order valence-corrected chi connectivity index (χ3v) is 2.45. The van der Waals surface area contributed by atoms with Crippen molar-refractivity contribution >= 4 is 17.7 Å². The lowest BCUT2D eigenvalue weighted by molar-refractivity contribution is -0.118. The number of hydrogen-bond acceptors (Lipinski definition) is 3. The van der Waals surface area contributed by atoms with Gasteiger partial charge in [-0.15, -0.1) is 0 Å². The molecule has 3 nitrogen and oxygen atoms in total. The fraction of sp³-hybridized carbons (Fsp3) is 0.875. The van der Waals surface area contributed by atoms with Gasteiger partial charge in [-0.05, 0) is 25.1 Å². The van der Waals surface area contributed by atoms with Gasteiger partial charge < -0.3 is 11.1 Å². The molecule has 0 radical (unpaired) electrons. The summed E-state index contributed by atoms with van der Waals surface area (Å²) < 4.78 is 0. The molecule has 3 N–H and O–H groups in total. The maximum Gasteiger partial charge on any atom is 0.229 e. The van der Waals surface area contributed by atoms with E-state index in [4.69, 9.17) is 5.73 Å². The SMILES string of the molecule is CCCSCC(=O)NCCCN. The summed E-state index contributed by atoms with van der Waals surface area (Å²) in [5.41, 5.74) is 5.28. The standard InChI is InChI=1S/C8H18N2OS/c1-2-6-12-7-8(11)10-5-3-4-9/h2-7,9H2,1H3,(H,10,11). The van der Waals surface area contributed by atoms with E-state index in [9.17, 15) is 4.79 Å². The Bertz CT molecular complexity index is 108. The van der Waals surface area contributed by atoms with Gasteiger partial charge in [-0.2, -0.15) is 11.8 Å². The number of carbonyl (C=O) groups excluding carboxylic acids is 1. The van der Waals surface area contributed by atoms with Crippen molar-refractivity contribution in [2.75, 3.05) is 24.6 Å². The van der Waals surface area contributed by atoms with Crippen LogP contribution in [0.25, 0.3) is 0 Å². The third kappa shape index (κ3) is 7.88. The highest BCUT2D eigenvalue weighted by Gasteiger charge is 1.98. The molecule has 0 aliphatic carbocycles. The Morgan fingerprint density at radius 1 is 1.58 bits per heavy atom. The molecule has 0 aromatic rings. The Morgan fingerprint density at radius 2 is 2.33 bits per heavy atom. The smallest absolute Gasteiger partial charge is 0.229 e. The molecular formula is C8H18N2OS. The largest absolute Gasteiger partial charge is 0.355 e. The summed E-state index contributed by atoms with van der Waals surface area (Å²) in [5.74, 6) is 1.77.